The van der Waals surface area contributed by atoms with E-state index in [2.05, 4.69) is 91.6 Å². The molecule has 23 nitrogen and oxygen atoms in total. The van der Waals surface area contributed by atoms with Crippen LogP contribution in [0.25, 0.3) is 0 Å². The first kappa shape index (κ1) is 91.9. The topological polar surface area (TPSA) is 261 Å². The van der Waals surface area contributed by atoms with Crippen LogP contribution in [0, 0.1) is 41.5 Å². The number of carbonyl (C=O) groups excluding carboxylic acids is 3. The van der Waals surface area contributed by atoms with Crippen molar-refractivity contribution in [2.45, 2.75) is 91.8 Å². The summed E-state index contributed by atoms with van der Waals surface area (Å²) in [4.78, 5) is 51.0. The minimum atomic E-state index is -0.591. The van der Waals surface area contributed by atoms with Crippen molar-refractivity contribution < 1.29 is 68.0 Å². The summed E-state index contributed by atoms with van der Waals surface area (Å²) in [6, 6.07) is 40.7. The predicted molar refractivity (Wildman–Crippen MR) is 439 cm³/mol. The zero-order valence-corrected chi connectivity index (χ0v) is 68.3. The normalized spacial score (nSPS) is 17.2. The number of β-amino-alcohol motifs (C(OH)–C–C–N with tert-alkyl or cyclic N) is 4. The standard InChI is InChI=1S/C33H48N4O3.C24H34N2O6.C14H22N2O3.C8H11N.2C3H5ClO/c1-25-7-5-8-26(2)32(25)19-29(38)21-34-11-15-36(16-12-34)23-31(40)24-37-17-13-35(14-18-37)22-30(39)20-33-27(3)9-6-10-28(33)4;1-29-21-7-3-5-9-23(21)31-17-19(27)15-25-11-13-26(14-12-25)16-20(28)18-32-24-10-6-4-8-22(24)30-2;1-18-13-4-2-3-5-14(13)19-11-12(17)10-16-8-6-15-7-9-16;1-6-4-3-5-7(2)8(6)9;4-1-3-2-5-3;1-3(5)2-4/h5-10,31,40H,11-24H2,1-4H3;3-10,19-20,27-28H,11-18H2,1-2H3;2-5,12,15,17H,6-11H2,1H3;3-5H,9H2,1-2H3;3H,1-2H2;2H2,1H3. The number of benzene rings is 6. The van der Waals surface area contributed by atoms with Gasteiger partial charge in [-0.3, -0.25) is 48.7 Å². The molecular formula is C85H125Cl2N9O14. The lowest BCUT2D eigenvalue weighted by Crippen LogP contribution is -2.53. The molecule has 5 heterocycles. The fraction of sp³-hybridized carbons (Fsp3) is 0.541. The molecule has 5 aliphatic heterocycles. The second kappa shape index (κ2) is 50.9. The van der Waals surface area contributed by atoms with Crippen LogP contribution >= 0.6 is 23.2 Å². The van der Waals surface area contributed by atoms with Gasteiger partial charge in [0.15, 0.2) is 46.1 Å². The maximum absolute atomic E-state index is 12.7. The average Bonchev–Trinajstić information content (AvgIpc) is 1.18. The zero-order chi connectivity index (χ0) is 79.7. The number of aliphatic hydroxyl groups excluding tert-OH is 4. The van der Waals surface area contributed by atoms with Gasteiger partial charge in [0.25, 0.3) is 0 Å². The van der Waals surface area contributed by atoms with Gasteiger partial charge in [-0.1, -0.05) is 91.0 Å². The molecule has 5 fully saturated rings. The number of aryl methyl sites for hydroxylation is 6. The van der Waals surface area contributed by atoms with Crippen molar-refractivity contribution in [3.05, 3.63) is 172 Å². The number of ether oxygens (including phenoxy) is 7. The molecule has 6 aromatic rings. The van der Waals surface area contributed by atoms with Gasteiger partial charge < -0.3 is 64.6 Å². The summed E-state index contributed by atoms with van der Waals surface area (Å²) in [6.45, 7) is 33.6. The first-order valence-electron chi connectivity index (χ1n) is 38.4. The first-order valence-corrected chi connectivity index (χ1v) is 39.5. The highest BCUT2D eigenvalue weighted by atomic mass is 35.5. The molecule has 0 aromatic heterocycles. The Morgan fingerprint density at radius 3 is 0.945 bits per heavy atom. The number of halogens is 2. The molecule has 4 atom stereocenters. The highest BCUT2D eigenvalue weighted by molar-refractivity contribution is 6.27. The molecular weight excluding hydrogens is 1440 g/mol. The minimum Gasteiger partial charge on any atom is -0.493 e. The van der Waals surface area contributed by atoms with Crippen LogP contribution in [-0.2, 0) is 32.0 Å². The number of carbonyl (C=O) groups is 3. The number of hydrogen-bond acceptors (Lipinski definition) is 23. The summed E-state index contributed by atoms with van der Waals surface area (Å²) in [5, 5.41) is 44.8. The third kappa shape index (κ3) is 34.9. The number of epoxide rings is 1. The number of nitrogen functional groups attached to an aromatic ring is 1. The van der Waals surface area contributed by atoms with Crippen LogP contribution in [0.3, 0.4) is 0 Å². The van der Waals surface area contributed by atoms with Gasteiger partial charge >= 0.3 is 0 Å². The monoisotopic (exact) mass is 1570 g/mol. The molecule has 5 saturated heterocycles. The molecule has 0 saturated carbocycles. The van der Waals surface area contributed by atoms with Gasteiger partial charge in [0.05, 0.1) is 65.0 Å². The maximum atomic E-state index is 12.7. The quantitative estimate of drug-likeness (QED) is 0.0135. The molecule has 11 rings (SSSR count). The summed E-state index contributed by atoms with van der Waals surface area (Å²) in [7, 11) is 4.80. The van der Waals surface area contributed by atoms with E-state index in [0.717, 1.165) is 128 Å². The second-order valence-corrected chi connectivity index (χ2v) is 29.3. The number of piperazine rings is 4. The summed E-state index contributed by atoms with van der Waals surface area (Å²) >= 11 is 10.3. The lowest BCUT2D eigenvalue weighted by atomic mass is 9.98. The SMILES string of the molecule is CC(=O)CCl.COc1ccccc1OCC(O)CN1CCN(CC(O)COc2ccccc2OC)CC1.COc1ccccc1OCC(O)CN1CCNCC1.Cc1cccc(C)c1CC(=O)CN1CCN(CC(O)CN2CCN(CC(=O)Cc3c(C)cccc3C)CC2)CC1.Cc1cccc(C)c1N.ClCC1CO1. The summed E-state index contributed by atoms with van der Waals surface area (Å²) in [6.07, 6.45) is -0.650. The van der Waals surface area contributed by atoms with Crippen LogP contribution in [0.1, 0.15) is 51.4 Å². The number of nitrogens with one attached hydrogen (secondary N) is 1. The number of anilines is 1. The zero-order valence-electron chi connectivity index (χ0n) is 66.8. The highest BCUT2D eigenvalue weighted by Gasteiger charge is 2.27. The van der Waals surface area contributed by atoms with E-state index in [4.69, 9.17) is 62.1 Å². The van der Waals surface area contributed by atoms with Crippen molar-refractivity contribution >= 4 is 46.2 Å². The largest absolute Gasteiger partial charge is 0.493 e. The van der Waals surface area contributed by atoms with Crippen molar-refractivity contribution in [1.29, 1.82) is 0 Å². The van der Waals surface area contributed by atoms with Crippen LogP contribution in [0.15, 0.2) is 127 Å². The Kier molecular flexibility index (Phi) is 42.5. The number of rotatable bonds is 32. The van der Waals surface area contributed by atoms with Crippen LogP contribution in [0.5, 0.6) is 34.5 Å². The molecule has 608 valence electrons. The van der Waals surface area contributed by atoms with Crippen molar-refractivity contribution in [2.24, 2.45) is 0 Å². The Balaban J connectivity index is 0.000000237. The van der Waals surface area contributed by atoms with E-state index < -0.39 is 24.4 Å². The lowest BCUT2D eigenvalue weighted by molar-refractivity contribution is -0.120. The number of Topliss-reactive ketones (excluding diaryl/α,β-unsaturated/α-hetero) is 3. The summed E-state index contributed by atoms with van der Waals surface area (Å²) in [5.74, 6) is 5.30. The number of nitrogens with two attached hydrogens (primary N) is 1. The number of para-hydroxylation sites is 7. The van der Waals surface area contributed by atoms with Gasteiger partial charge in [-0.15, -0.1) is 23.2 Å². The molecule has 5 aliphatic rings. The molecule has 0 radical (unpaired) electrons. The molecule has 110 heavy (non-hydrogen) atoms. The Morgan fingerprint density at radius 2 is 0.691 bits per heavy atom. The molecule has 0 spiro atoms. The van der Waals surface area contributed by atoms with Crippen LogP contribution in [-0.4, -0.2) is 313 Å². The number of hydrogen-bond donors (Lipinski definition) is 6. The molecule has 6 aromatic carbocycles. The van der Waals surface area contributed by atoms with Crippen molar-refractivity contribution in [1.82, 2.24) is 39.6 Å². The van der Waals surface area contributed by atoms with E-state index in [1.165, 1.54) is 40.3 Å². The molecule has 0 amide bonds. The third-order valence-corrected chi connectivity index (χ3v) is 20.3. The molecule has 4 unspecified atom stereocenters. The predicted octanol–water partition coefficient (Wildman–Crippen LogP) is 7.60. The Morgan fingerprint density at radius 1 is 0.427 bits per heavy atom. The number of methoxy groups -OCH3 is 3. The van der Waals surface area contributed by atoms with Gasteiger partial charge in [0.1, 0.15) is 43.9 Å². The number of alkyl halides is 2. The number of nitrogens with zero attached hydrogens (tertiary/aromatic N) is 7. The number of aliphatic hydroxyl groups is 4. The van der Waals surface area contributed by atoms with Crippen molar-refractivity contribution in [3.8, 4) is 34.5 Å². The Hall–Kier alpha value is -7.01. The molecule has 0 aliphatic carbocycles. The summed E-state index contributed by atoms with van der Waals surface area (Å²) < 4.78 is 37.5. The summed E-state index contributed by atoms with van der Waals surface area (Å²) in [5.41, 5.74) is 16.0. The third-order valence-electron chi connectivity index (χ3n) is 19.6. The van der Waals surface area contributed by atoms with Crippen molar-refractivity contribution in [3.63, 3.8) is 0 Å². The smallest absolute Gasteiger partial charge is 0.161 e. The van der Waals surface area contributed by atoms with Crippen molar-refractivity contribution in [2.75, 3.05) is 216 Å². The van der Waals surface area contributed by atoms with E-state index in [0.29, 0.717) is 105 Å². The Bertz CT molecular complexity index is 3410. The van der Waals surface area contributed by atoms with Crippen LogP contribution < -0.4 is 39.5 Å². The van der Waals surface area contributed by atoms with Gasteiger partial charge in [0.2, 0.25) is 0 Å². The Labute approximate surface area is 664 Å². The minimum absolute atomic E-state index is 0.0201. The van der Waals surface area contributed by atoms with E-state index in [1.807, 2.05) is 117 Å². The average molecular weight is 1570 g/mol. The van der Waals surface area contributed by atoms with Gasteiger partial charge in [-0.2, -0.15) is 0 Å². The second-order valence-electron chi connectivity index (χ2n) is 28.7. The fourth-order valence-corrected chi connectivity index (χ4v) is 13.2. The molecule has 25 heteroatoms. The van der Waals surface area contributed by atoms with E-state index in [1.54, 1.807) is 21.3 Å². The van der Waals surface area contributed by atoms with Crippen LogP contribution in [0.4, 0.5) is 5.69 Å². The maximum Gasteiger partial charge on any atom is 0.161 e. The van der Waals surface area contributed by atoms with Gasteiger partial charge in [0, 0.05) is 156 Å². The van der Waals surface area contributed by atoms with E-state index >= 15 is 0 Å². The van der Waals surface area contributed by atoms with Gasteiger partial charge in [-0.25, -0.2) is 0 Å². The van der Waals surface area contributed by atoms with Gasteiger partial charge in [-0.05, 0) is 129 Å². The molecule has 7 N–H and O–H groups in total. The van der Waals surface area contributed by atoms with E-state index in [9.17, 15) is 34.8 Å². The first-order chi connectivity index (χ1) is 53.0. The fourth-order valence-electron chi connectivity index (χ4n) is 13.0. The van der Waals surface area contributed by atoms with Crippen LogP contribution in [0.2, 0.25) is 0 Å². The number of ketones is 3. The lowest BCUT2D eigenvalue weighted by Gasteiger charge is -2.38. The molecule has 0 bridgehead atoms. The van der Waals surface area contributed by atoms with E-state index in [-0.39, 0.29) is 43.1 Å². The highest BCUT2D eigenvalue weighted by Crippen LogP contribution is 2.29.